The largest absolute Gasteiger partial charge is 0.354 e. The minimum atomic E-state index is -0.594. The van der Waals surface area contributed by atoms with Gasteiger partial charge in [0.25, 0.3) is 0 Å². The van der Waals surface area contributed by atoms with Crippen LogP contribution in [-0.2, 0) is 22.6 Å². The Balaban J connectivity index is 2.34. The number of nitrogens with zero attached hydrogens (tertiary/aromatic N) is 1. The molecule has 168 valence electrons. The second-order valence-electron chi connectivity index (χ2n) is 7.89. The van der Waals surface area contributed by atoms with Crippen molar-refractivity contribution in [3.05, 3.63) is 68.7 Å². The van der Waals surface area contributed by atoms with Crippen molar-refractivity contribution in [3.63, 3.8) is 0 Å². The first-order chi connectivity index (χ1) is 14.8. The van der Waals surface area contributed by atoms with Crippen LogP contribution in [0.3, 0.4) is 0 Å². The number of hydrogen-bond donors (Lipinski definition) is 1. The number of unbranched alkanes of at least 4 members (excludes halogenated alkanes) is 1. The highest BCUT2D eigenvalue weighted by atomic mass is 35.5. The van der Waals surface area contributed by atoms with Crippen molar-refractivity contribution < 1.29 is 9.59 Å². The monoisotopic (exact) mass is 462 g/mol. The van der Waals surface area contributed by atoms with E-state index >= 15 is 0 Å². The SMILES string of the molecule is CCCCNC(=O)C(CC)N(Cc1c(Cl)cccc1Cl)C(=O)Cc1ccc(C)c(C)c1. The molecule has 1 atom stereocenters. The van der Waals surface area contributed by atoms with E-state index in [9.17, 15) is 9.59 Å². The van der Waals surface area contributed by atoms with Gasteiger partial charge in [-0.15, -0.1) is 0 Å². The van der Waals surface area contributed by atoms with Gasteiger partial charge in [0.1, 0.15) is 6.04 Å². The summed E-state index contributed by atoms with van der Waals surface area (Å²) < 4.78 is 0. The van der Waals surface area contributed by atoms with E-state index in [2.05, 4.69) is 12.2 Å². The second-order valence-corrected chi connectivity index (χ2v) is 8.70. The van der Waals surface area contributed by atoms with Crippen molar-refractivity contribution in [2.45, 2.75) is 66.0 Å². The van der Waals surface area contributed by atoms with Crippen LogP contribution in [0.5, 0.6) is 0 Å². The van der Waals surface area contributed by atoms with Gasteiger partial charge in [-0.1, -0.05) is 67.7 Å². The van der Waals surface area contributed by atoms with Crippen molar-refractivity contribution in [3.8, 4) is 0 Å². The molecule has 0 bridgehead atoms. The molecule has 0 aliphatic carbocycles. The number of carbonyl (C=O) groups is 2. The van der Waals surface area contributed by atoms with Crippen LogP contribution in [-0.4, -0.2) is 29.3 Å². The van der Waals surface area contributed by atoms with Gasteiger partial charge < -0.3 is 10.2 Å². The molecule has 1 unspecified atom stereocenters. The molecule has 0 spiro atoms. The van der Waals surface area contributed by atoms with Crippen molar-refractivity contribution in [1.29, 1.82) is 0 Å². The third kappa shape index (κ3) is 6.98. The molecular weight excluding hydrogens is 431 g/mol. The Morgan fingerprint density at radius 1 is 1.03 bits per heavy atom. The lowest BCUT2D eigenvalue weighted by Gasteiger charge is -2.31. The number of carbonyl (C=O) groups excluding carboxylic acids is 2. The normalized spacial score (nSPS) is 11.8. The molecule has 0 radical (unpaired) electrons. The first kappa shape index (κ1) is 25.2. The molecule has 4 nitrogen and oxygen atoms in total. The van der Waals surface area contributed by atoms with E-state index in [4.69, 9.17) is 23.2 Å². The van der Waals surface area contributed by atoms with Crippen LogP contribution in [0.2, 0.25) is 10.0 Å². The maximum atomic E-state index is 13.4. The number of rotatable bonds is 10. The lowest BCUT2D eigenvalue weighted by molar-refractivity contribution is -0.140. The van der Waals surface area contributed by atoms with E-state index < -0.39 is 6.04 Å². The standard InChI is InChI=1S/C25H32Cl2N2O2/c1-5-7-13-28-25(31)23(6-2)29(16-20-21(26)9-8-10-22(20)27)24(30)15-19-12-11-17(3)18(4)14-19/h8-12,14,23H,5-7,13,15-16H2,1-4H3,(H,28,31). The topological polar surface area (TPSA) is 49.4 Å². The fraction of sp³-hybridized carbons (Fsp3) is 0.440. The third-order valence-corrected chi connectivity index (χ3v) is 6.24. The number of benzene rings is 2. The number of aryl methyl sites for hydroxylation is 2. The van der Waals surface area contributed by atoms with Crippen LogP contribution in [0, 0.1) is 13.8 Å². The maximum Gasteiger partial charge on any atom is 0.242 e. The summed E-state index contributed by atoms with van der Waals surface area (Å²) in [6.07, 6.45) is 2.59. The molecule has 2 rings (SSSR count). The average molecular weight is 463 g/mol. The summed E-state index contributed by atoms with van der Waals surface area (Å²) in [6, 6.07) is 10.7. The fourth-order valence-corrected chi connectivity index (χ4v) is 3.99. The van der Waals surface area contributed by atoms with E-state index in [-0.39, 0.29) is 24.8 Å². The van der Waals surface area contributed by atoms with E-state index in [0.717, 1.165) is 24.0 Å². The Morgan fingerprint density at radius 2 is 1.71 bits per heavy atom. The fourth-order valence-electron chi connectivity index (χ4n) is 3.47. The van der Waals surface area contributed by atoms with Crippen LogP contribution in [0.15, 0.2) is 36.4 Å². The number of amides is 2. The molecule has 0 saturated carbocycles. The third-order valence-electron chi connectivity index (χ3n) is 5.53. The van der Waals surface area contributed by atoms with Crippen LogP contribution >= 0.6 is 23.2 Å². The molecule has 2 amide bonds. The number of nitrogens with one attached hydrogen (secondary N) is 1. The lowest BCUT2D eigenvalue weighted by atomic mass is 10.0. The second kappa shape index (κ2) is 12.1. The minimum absolute atomic E-state index is 0.128. The van der Waals surface area contributed by atoms with E-state index in [1.54, 1.807) is 23.1 Å². The first-order valence-electron chi connectivity index (χ1n) is 10.8. The average Bonchev–Trinajstić information content (AvgIpc) is 2.72. The lowest BCUT2D eigenvalue weighted by Crippen LogP contribution is -2.49. The molecule has 31 heavy (non-hydrogen) atoms. The highest BCUT2D eigenvalue weighted by Gasteiger charge is 2.29. The Morgan fingerprint density at radius 3 is 2.29 bits per heavy atom. The predicted molar refractivity (Wildman–Crippen MR) is 129 cm³/mol. The van der Waals surface area contributed by atoms with Gasteiger partial charge >= 0.3 is 0 Å². The van der Waals surface area contributed by atoms with Crippen LogP contribution < -0.4 is 5.32 Å². The van der Waals surface area contributed by atoms with Gasteiger partial charge in [0, 0.05) is 28.7 Å². The van der Waals surface area contributed by atoms with E-state index in [0.29, 0.717) is 28.6 Å². The smallest absolute Gasteiger partial charge is 0.242 e. The summed E-state index contributed by atoms with van der Waals surface area (Å²) in [7, 11) is 0. The molecule has 0 fully saturated rings. The first-order valence-corrected chi connectivity index (χ1v) is 11.6. The van der Waals surface area contributed by atoms with Crippen molar-refractivity contribution in [2.75, 3.05) is 6.54 Å². The summed E-state index contributed by atoms with van der Waals surface area (Å²) in [6.45, 7) is 8.83. The summed E-state index contributed by atoms with van der Waals surface area (Å²) in [4.78, 5) is 28.0. The molecule has 6 heteroatoms. The van der Waals surface area contributed by atoms with Gasteiger partial charge in [0.2, 0.25) is 11.8 Å². The van der Waals surface area contributed by atoms with Crippen LogP contribution in [0.25, 0.3) is 0 Å². The summed E-state index contributed by atoms with van der Waals surface area (Å²) in [5, 5.41) is 3.93. The zero-order chi connectivity index (χ0) is 23.0. The summed E-state index contributed by atoms with van der Waals surface area (Å²) in [5.74, 6) is -0.274. The molecule has 0 saturated heterocycles. The Hall–Kier alpha value is -2.04. The minimum Gasteiger partial charge on any atom is -0.354 e. The molecular formula is C25H32Cl2N2O2. The zero-order valence-corrected chi connectivity index (χ0v) is 20.3. The van der Waals surface area contributed by atoms with Gasteiger partial charge in [-0.05, 0) is 55.5 Å². The zero-order valence-electron chi connectivity index (χ0n) is 18.8. The van der Waals surface area contributed by atoms with E-state index in [1.165, 1.54) is 5.56 Å². The molecule has 1 N–H and O–H groups in total. The summed E-state index contributed by atoms with van der Waals surface area (Å²) >= 11 is 12.8. The quantitative estimate of drug-likeness (QED) is 0.448. The highest BCUT2D eigenvalue weighted by Crippen LogP contribution is 2.27. The Labute approximate surface area is 195 Å². The summed E-state index contributed by atoms with van der Waals surface area (Å²) in [5.41, 5.74) is 3.89. The van der Waals surface area contributed by atoms with Gasteiger partial charge in [-0.25, -0.2) is 0 Å². The highest BCUT2D eigenvalue weighted by molar-refractivity contribution is 6.36. The van der Waals surface area contributed by atoms with Gasteiger partial charge in [-0.3, -0.25) is 9.59 Å². The van der Waals surface area contributed by atoms with Gasteiger partial charge in [-0.2, -0.15) is 0 Å². The van der Waals surface area contributed by atoms with Crippen molar-refractivity contribution in [1.82, 2.24) is 10.2 Å². The van der Waals surface area contributed by atoms with Crippen LogP contribution in [0.4, 0.5) is 0 Å². The van der Waals surface area contributed by atoms with Crippen molar-refractivity contribution >= 4 is 35.0 Å². The van der Waals surface area contributed by atoms with Crippen LogP contribution in [0.1, 0.15) is 55.4 Å². The number of hydrogen-bond acceptors (Lipinski definition) is 2. The molecule has 2 aromatic carbocycles. The van der Waals surface area contributed by atoms with Crippen molar-refractivity contribution in [2.24, 2.45) is 0 Å². The molecule has 2 aromatic rings. The van der Waals surface area contributed by atoms with E-state index in [1.807, 2.05) is 39.0 Å². The molecule has 0 aliphatic rings. The Bertz CT molecular complexity index is 894. The Kier molecular flexibility index (Phi) is 9.86. The van der Waals surface area contributed by atoms with Gasteiger partial charge in [0.15, 0.2) is 0 Å². The van der Waals surface area contributed by atoms with Gasteiger partial charge in [0.05, 0.1) is 6.42 Å². The number of halogens is 2. The molecule has 0 aromatic heterocycles. The predicted octanol–water partition coefficient (Wildman–Crippen LogP) is 5.88. The maximum absolute atomic E-state index is 13.4. The molecule has 0 heterocycles. The molecule has 0 aliphatic heterocycles.